The topological polar surface area (TPSA) is 24.5 Å². The van der Waals surface area contributed by atoms with Crippen LogP contribution in [0, 0.1) is 0 Å². The first-order chi connectivity index (χ1) is 8.54. The zero-order chi connectivity index (χ0) is 13.6. The monoisotopic (exact) mass is 254 g/mol. The third kappa shape index (κ3) is 3.81. The fourth-order valence-corrected chi connectivity index (χ4v) is 2.87. The third-order valence-corrected chi connectivity index (χ3v) is 4.20. The molecule has 18 heavy (non-hydrogen) atoms. The maximum Gasteiger partial charge on any atom is 0.0594 e. The fourth-order valence-electron chi connectivity index (χ4n) is 2.87. The van der Waals surface area contributed by atoms with Crippen molar-refractivity contribution in [3.8, 4) is 0 Å². The van der Waals surface area contributed by atoms with Gasteiger partial charge >= 0.3 is 0 Å². The summed E-state index contributed by atoms with van der Waals surface area (Å²) in [5.74, 6) is 0. The Hall–Kier alpha value is -0.380. The molecule has 3 heteroatoms. The number of nitrogens with zero attached hydrogens (tertiary/aromatic N) is 1. The molecule has 2 unspecified atom stereocenters. The lowest BCUT2D eigenvalue weighted by Gasteiger charge is -2.48. The van der Waals surface area contributed by atoms with E-state index in [4.69, 9.17) is 4.74 Å². The first kappa shape index (κ1) is 15.7. The molecular formula is C15H30N2O. The highest BCUT2D eigenvalue weighted by atomic mass is 16.5. The van der Waals surface area contributed by atoms with Crippen LogP contribution in [0.2, 0.25) is 0 Å². The maximum absolute atomic E-state index is 5.48. The molecule has 1 aliphatic rings. The van der Waals surface area contributed by atoms with Crippen LogP contribution < -0.4 is 5.32 Å². The van der Waals surface area contributed by atoms with Crippen molar-refractivity contribution < 1.29 is 4.74 Å². The van der Waals surface area contributed by atoms with E-state index in [-0.39, 0.29) is 5.54 Å². The number of hydrogen-bond acceptors (Lipinski definition) is 3. The Balaban J connectivity index is 2.81. The van der Waals surface area contributed by atoms with E-state index in [0.717, 1.165) is 45.7 Å². The van der Waals surface area contributed by atoms with Gasteiger partial charge in [0, 0.05) is 24.7 Å². The number of ether oxygens (including phenoxy) is 1. The summed E-state index contributed by atoms with van der Waals surface area (Å²) in [5.41, 5.74) is 1.45. The molecule has 0 amide bonds. The molecule has 1 saturated heterocycles. The second-order valence-electron chi connectivity index (χ2n) is 5.58. The van der Waals surface area contributed by atoms with Crippen LogP contribution >= 0.6 is 0 Å². The highest BCUT2D eigenvalue weighted by Crippen LogP contribution is 2.28. The average molecular weight is 254 g/mol. The van der Waals surface area contributed by atoms with E-state index in [1.165, 1.54) is 5.57 Å². The van der Waals surface area contributed by atoms with E-state index in [2.05, 4.69) is 44.5 Å². The SMILES string of the molecule is C=C(C)CC(NCC)C(C)(CC)N1CCOCC1. The van der Waals surface area contributed by atoms with Crippen LogP contribution in [0.15, 0.2) is 12.2 Å². The van der Waals surface area contributed by atoms with Crippen LogP contribution in [-0.4, -0.2) is 49.3 Å². The molecule has 1 N–H and O–H groups in total. The van der Waals surface area contributed by atoms with Gasteiger partial charge in [-0.05, 0) is 33.2 Å². The van der Waals surface area contributed by atoms with Gasteiger partial charge in [-0.1, -0.05) is 19.4 Å². The van der Waals surface area contributed by atoms with Crippen molar-refractivity contribution in [3.63, 3.8) is 0 Å². The summed E-state index contributed by atoms with van der Waals surface area (Å²) >= 11 is 0. The Labute approximate surface area is 113 Å². The molecule has 1 heterocycles. The van der Waals surface area contributed by atoms with Crippen molar-refractivity contribution >= 4 is 0 Å². The molecule has 0 aromatic rings. The van der Waals surface area contributed by atoms with E-state index in [0.29, 0.717) is 6.04 Å². The summed E-state index contributed by atoms with van der Waals surface area (Å²) in [6.07, 6.45) is 2.20. The molecule has 1 rings (SSSR count). The van der Waals surface area contributed by atoms with Crippen molar-refractivity contribution in [2.24, 2.45) is 0 Å². The Morgan fingerprint density at radius 1 is 1.39 bits per heavy atom. The number of morpholine rings is 1. The standard InChI is InChI=1S/C15H30N2O/c1-6-15(5,17-8-10-18-11-9-17)14(16-7-2)12-13(3)4/h14,16H,3,6-12H2,1-2,4-5H3. The van der Waals surface area contributed by atoms with E-state index in [1.807, 2.05) is 0 Å². The van der Waals surface area contributed by atoms with Gasteiger partial charge in [0.2, 0.25) is 0 Å². The van der Waals surface area contributed by atoms with Crippen molar-refractivity contribution in [2.75, 3.05) is 32.8 Å². The Morgan fingerprint density at radius 2 is 2.00 bits per heavy atom. The second kappa shape index (κ2) is 7.27. The van der Waals surface area contributed by atoms with Crippen LogP contribution in [0.25, 0.3) is 0 Å². The number of nitrogens with one attached hydrogen (secondary N) is 1. The van der Waals surface area contributed by atoms with Crippen molar-refractivity contribution in [1.29, 1.82) is 0 Å². The average Bonchev–Trinajstić information content (AvgIpc) is 2.38. The lowest BCUT2D eigenvalue weighted by atomic mass is 9.83. The van der Waals surface area contributed by atoms with Crippen molar-refractivity contribution in [2.45, 2.75) is 52.1 Å². The summed E-state index contributed by atoms with van der Waals surface area (Å²) in [6, 6.07) is 0.475. The van der Waals surface area contributed by atoms with Crippen LogP contribution in [-0.2, 0) is 4.74 Å². The highest BCUT2D eigenvalue weighted by molar-refractivity contribution is 5.04. The number of hydrogen-bond donors (Lipinski definition) is 1. The van der Waals surface area contributed by atoms with Crippen LogP contribution in [0.1, 0.15) is 40.5 Å². The van der Waals surface area contributed by atoms with Gasteiger partial charge in [-0.15, -0.1) is 6.58 Å². The molecular weight excluding hydrogens is 224 g/mol. The number of rotatable bonds is 7. The minimum atomic E-state index is 0.193. The molecule has 2 atom stereocenters. The van der Waals surface area contributed by atoms with Gasteiger partial charge in [-0.3, -0.25) is 4.90 Å². The molecule has 0 bridgehead atoms. The second-order valence-corrected chi connectivity index (χ2v) is 5.58. The first-order valence-electron chi connectivity index (χ1n) is 7.25. The Bertz CT molecular complexity index is 261. The summed E-state index contributed by atoms with van der Waals surface area (Å²) in [7, 11) is 0. The van der Waals surface area contributed by atoms with Crippen LogP contribution in [0.5, 0.6) is 0 Å². The lowest BCUT2D eigenvalue weighted by Crippen LogP contribution is -2.61. The van der Waals surface area contributed by atoms with E-state index in [9.17, 15) is 0 Å². The molecule has 1 fully saturated rings. The van der Waals surface area contributed by atoms with E-state index in [1.54, 1.807) is 0 Å². The molecule has 0 spiro atoms. The Kier molecular flexibility index (Phi) is 6.33. The van der Waals surface area contributed by atoms with Crippen molar-refractivity contribution in [1.82, 2.24) is 10.2 Å². The van der Waals surface area contributed by atoms with Crippen molar-refractivity contribution in [3.05, 3.63) is 12.2 Å². The smallest absolute Gasteiger partial charge is 0.0594 e. The van der Waals surface area contributed by atoms with Gasteiger partial charge in [0.05, 0.1) is 13.2 Å². The summed E-state index contributed by atoms with van der Waals surface area (Å²) in [5, 5.41) is 3.66. The van der Waals surface area contributed by atoms with E-state index >= 15 is 0 Å². The minimum Gasteiger partial charge on any atom is -0.379 e. The molecule has 0 aromatic heterocycles. The Morgan fingerprint density at radius 3 is 2.44 bits per heavy atom. The molecule has 3 nitrogen and oxygen atoms in total. The van der Waals surface area contributed by atoms with Crippen LogP contribution in [0.4, 0.5) is 0 Å². The van der Waals surface area contributed by atoms with Gasteiger partial charge in [-0.25, -0.2) is 0 Å². The van der Waals surface area contributed by atoms with Gasteiger partial charge in [0.25, 0.3) is 0 Å². The quantitative estimate of drug-likeness (QED) is 0.706. The normalized spacial score (nSPS) is 22.4. The fraction of sp³-hybridized carbons (Fsp3) is 0.867. The zero-order valence-electron chi connectivity index (χ0n) is 12.6. The zero-order valence-corrected chi connectivity index (χ0v) is 12.6. The van der Waals surface area contributed by atoms with E-state index < -0.39 is 0 Å². The molecule has 0 aromatic carbocycles. The third-order valence-electron chi connectivity index (χ3n) is 4.20. The minimum absolute atomic E-state index is 0.193. The molecule has 106 valence electrons. The maximum atomic E-state index is 5.48. The number of likely N-dealkylation sites (N-methyl/N-ethyl adjacent to an activating group) is 1. The van der Waals surface area contributed by atoms with Gasteiger partial charge < -0.3 is 10.1 Å². The molecule has 0 saturated carbocycles. The summed E-state index contributed by atoms with van der Waals surface area (Å²) < 4.78 is 5.48. The van der Waals surface area contributed by atoms with Gasteiger partial charge in [-0.2, -0.15) is 0 Å². The molecule has 1 aliphatic heterocycles. The lowest BCUT2D eigenvalue weighted by molar-refractivity contribution is -0.0320. The van der Waals surface area contributed by atoms with Gasteiger partial charge in [0.15, 0.2) is 0 Å². The van der Waals surface area contributed by atoms with Gasteiger partial charge in [0.1, 0.15) is 0 Å². The predicted molar refractivity (Wildman–Crippen MR) is 78.0 cm³/mol. The molecule has 0 radical (unpaired) electrons. The largest absolute Gasteiger partial charge is 0.379 e. The summed E-state index contributed by atoms with van der Waals surface area (Å²) in [6.45, 7) is 17.9. The summed E-state index contributed by atoms with van der Waals surface area (Å²) in [4.78, 5) is 2.59. The predicted octanol–water partition coefficient (Wildman–Crippen LogP) is 2.43. The highest BCUT2D eigenvalue weighted by Gasteiger charge is 2.38. The van der Waals surface area contributed by atoms with Crippen LogP contribution in [0.3, 0.4) is 0 Å². The molecule has 0 aliphatic carbocycles. The first-order valence-corrected chi connectivity index (χ1v) is 7.25.